The van der Waals surface area contributed by atoms with Crippen LogP contribution < -0.4 is 10.1 Å². The van der Waals surface area contributed by atoms with E-state index < -0.39 is 5.60 Å². The van der Waals surface area contributed by atoms with Crippen molar-refractivity contribution < 1.29 is 14.3 Å². The standard InChI is InChI=1S/C24H40N2O3/c1-5-6-8-16-24(3,28-4)23(27)25-21-12-14-22(15-13-21)29-19-10-18-26-17-9-7-11-20(26)2/h12-15,20H,5-11,16-19H2,1-4H3,(H,25,27)/t20-,24+/m1/s1. The van der Waals surface area contributed by atoms with Crippen molar-refractivity contribution in [2.24, 2.45) is 0 Å². The lowest BCUT2D eigenvalue weighted by Crippen LogP contribution is -2.41. The second-order valence-corrected chi connectivity index (χ2v) is 8.45. The maximum absolute atomic E-state index is 12.7. The summed E-state index contributed by atoms with van der Waals surface area (Å²) in [6.07, 6.45) is 8.96. The Labute approximate surface area is 177 Å². The van der Waals surface area contributed by atoms with Crippen molar-refractivity contribution in [1.82, 2.24) is 4.90 Å². The van der Waals surface area contributed by atoms with Gasteiger partial charge in [-0.25, -0.2) is 0 Å². The lowest BCUT2D eigenvalue weighted by atomic mass is 9.97. The Balaban J connectivity index is 1.75. The molecule has 1 saturated heterocycles. The number of rotatable bonds is 12. The Bertz CT molecular complexity index is 605. The molecule has 0 radical (unpaired) electrons. The van der Waals surface area contributed by atoms with Crippen molar-refractivity contribution in [2.45, 2.75) is 83.8 Å². The molecule has 0 spiro atoms. The van der Waals surface area contributed by atoms with E-state index >= 15 is 0 Å². The largest absolute Gasteiger partial charge is 0.494 e. The van der Waals surface area contributed by atoms with Crippen molar-refractivity contribution in [3.05, 3.63) is 24.3 Å². The number of nitrogens with one attached hydrogen (secondary N) is 1. The lowest BCUT2D eigenvalue weighted by Gasteiger charge is -2.33. The third-order valence-corrected chi connectivity index (χ3v) is 6.10. The minimum Gasteiger partial charge on any atom is -0.494 e. The number of benzene rings is 1. The van der Waals surface area contributed by atoms with Gasteiger partial charge in [0.25, 0.3) is 5.91 Å². The minimum absolute atomic E-state index is 0.0968. The van der Waals surface area contributed by atoms with Gasteiger partial charge in [0.2, 0.25) is 0 Å². The molecule has 1 aromatic rings. The molecule has 0 aromatic heterocycles. The summed E-state index contributed by atoms with van der Waals surface area (Å²) in [5.74, 6) is 0.743. The van der Waals surface area contributed by atoms with Crippen LogP contribution in [0.4, 0.5) is 5.69 Å². The first-order valence-electron chi connectivity index (χ1n) is 11.3. The van der Waals surface area contributed by atoms with Crippen LogP contribution in [-0.4, -0.2) is 49.3 Å². The number of ether oxygens (including phenoxy) is 2. The smallest absolute Gasteiger partial charge is 0.256 e. The SMILES string of the molecule is CCCCC[C@](C)(OC)C(=O)Nc1ccc(OCCCN2CCCC[C@H]2C)cc1. The first kappa shape index (κ1) is 23.7. The zero-order valence-corrected chi connectivity index (χ0v) is 18.8. The fraction of sp³-hybridized carbons (Fsp3) is 0.708. The summed E-state index contributed by atoms with van der Waals surface area (Å²) in [5, 5.41) is 2.98. The number of likely N-dealkylation sites (tertiary alicyclic amines) is 1. The molecule has 2 rings (SSSR count). The van der Waals surface area contributed by atoms with Crippen LogP contribution in [0.15, 0.2) is 24.3 Å². The van der Waals surface area contributed by atoms with Crippen molar-refractivity contribution in [3.8, 4) is 5.75 Å². The van der Waals surface area contributed by atoms with Crippen LogP contribution in [0.5, 0.6) is 5.75 Å². The Morgan fingerprint density at radius 1 is 1.21 bits per heavy atom. The molecule has 1 fully saturated rings. The van der Waals surface area contributed by atoms with Crippen LogP contribution in [-0.2, 0) is 9.53 Å². The van der Waals surface area contributed by atoms with E-state index in [1.807, 2.05) is 31.2 Å². The summed E-state index contributed by atoms with van der Waals surface area (Å²) in [6.45, 7) is 9.37. The van der Waals surface area contributed by atoms with Crippen molar-refractivity contribution in [3.63, 3.8) is 0 Å². The number of nitrogens with zero attached hydrogens (tertiary/aromatic N) is 1. The Kier molecular flexibility index (Phi) is 9.95. The van der Waals surface area contributed by atoms with E-state index in [-0.39, 0.29) is 5.91 Å². The maximum Gasteiger partial charge on any atom is 0.256 e. The number of piperidine rings is 1. The molecule has 5 nitrogen and oxygen atoms in total. The quantitative estimate of drug-likeness (QED) is 0.483. The molecule has 5 heteroatoms. The summed E-state index contributed by atoms with van der Waals surface area (Å²) >= 11 is 0. The van der Waals surface area contributed by atoms with Gasteiger partial charge < -0.3 is 19.7 Å². The van der Waals surface area contributed by atoms with Gasteiger partial charge in [-0.2, -0.15) is 0 Å². The van der Waals surface area contributed by atoms with Gasteiger partial charge in [0.15, 0.2) is 0 Å². The number of methoxy groups -OCH3 is 1. The van der Waals surface area contributed by atoms with Crippen LogP contribution in [0.25, 0.3) is 0 Å². The molecule has 1 amide bonds. The van der Waals surface area contributed by atoms with Gasteiger partial charge in [0.05, 0.1) is 6.61 Å². The van der Waals surface area contributed by atoms with Gasteiger partial charge in [0.1, 0.15) is 11.4 Å². The molecule has 0 bridgehead atoms. The molecule has 164 valence electrons. The molecule has 0 saturated carbocycles. The Morgan fingerprint density at radius 3 is 2.62 bits per heavy atom. The Morgan fingerprint density at radius 2 is 1.97 bits per heavy atom. The molecule has 0 unspecified atom stereocenters. The summed E-state index contributed by atoms with van der Waals surface area (Å²) in [5.41, 5.74) is -0.0288. The van der Waals surface area contributed by atoms with Crippen LogP contribution in [0.1, 0.15) is 72.1 Å². The van der Waals surface area contributed by atoms with E-state index in [9.17, 15) is 4.79 Å². The van der Waals surface area contributed by atoms with Crippen molar-refractivity contribution in [2.75, 3.05) is 32.1 Å². The highest BCUT2D eigenvalue weighted by Gasteiger charge is 2.32. The number of carbonyl (C=O) groups excluding carboxylic acids is 1. The predicted molar refractivity (Wildman–Crippen MR) is 120 cm³/mol. The number of unbranched alkanes of at least 4 members (excludes halogenated alkanes) is 2. The van der Waals surface area contributed by atoms with Gasteiger partial charge in [-0.15, -0.1) is 0 Å². The third kappa shape index (κ3) is 7.63. The van der Waals surface area contributed by atoms with E-state index in [0.29, 0.717) is 12.6 Å². The number of amides is 1. The van der Waals surface area contributed by atoms with Crippen LogP contribution in [0, 0.1) is 0 Å². The summed E-state index contributed by atoms with van der Waals surface area (Å²) in [4.78, 5) is 15.2. The van der Waals surface area contributed by atoms with E-state index in [2.05, 4.69) is 24.1 Å². The monoisotopic (exact) mass is 404 g/mol. The molecular formula is C24H40N2O3. The van der Waals surface area contributed by atoms with Gasteiger partial charge >= 0.3 is 0 Å². The number of hydrogen-bond donors (Lipinski definition) is 1. The summed E-state index contributed by atoms with van der Waals surface area (Å²) < 4.78 is 11.4. The first-order valence-corrected chi connectivity index (χ1v) is 11.3. The maximum atomic E-state index is 12.7. The molecule has 1 aliphatic rings. The van der Waals surface area contributed by atoms with E-state index in [1.54, 1.807) is 7.11 Å². The second kappa shape index (κ2) is 12.2. The van der Waals surface area contributed by atoms with Gasteiger partial charge in [-0.3, -0.25) is 4.79 Å². The first-order chi connectivity index (χ1) is 14.0. The van der Waals surface area contributed by atoms with Crippen LogP contribution in [0.2, 0.25) is 0 Å². The summed E-state index contributed by atoms with van der Waals surface area (Å²) in [7, 11) is 1.60. The molecule has 1 aromatic carbocycles. The highest BCUT2D eigenvalue weighted by Crippen LogP contribution is 2.23. The van der Waals surface area contributed by atoms with Crippen LogP contribution in [0.3, 0.4) is 0 Å². The fourth-order valence-electron chi connectivity index (χ4n) is 3.87. The van der Waals surface area contributed by atoms with E-state index in [4.69, 9.17) is 9.47 Å². The van der Waals surface area contributed by atoms with E-state index in [1.165, 1.54) is 25.8 Å². The minimum atomic E-state index is -0.796. The number of carbonyl (C=O) groups is 1. The van der Waals surface area contributed by atoms with Gasteiger partial charge in [-0.05, 0) is 70.3 Å². The molecular weight excluding hydrogens is 364 g/mol. The molecule has 29 heavy (non-hydrogen) atoms. The molecule has 1 N–H and O–H groups in total. The molecule has 2 atom stereocenters. The van der Waals surface area contributed by atoms with Crippen molar-refractivity contribution in [1.29, 1.82) is 0 Å². The highest BCUT2D eigenvalue weighted by atomic mass is 16.5. The highest BCUT2D eigenvalue weighted by molar-refractivity contribution is 5.97. The fourth-order valence-corrected chi connectivity index (χ4v) is 3.87. The zero-order chi connectivity index (χ0) is 21.1. The van der Waals surface area contributed by atoms with Crippen molar-refractivity contribution >= 4 is 11.6 Å². The van der Waals surface area contributed by atoms with Gasteiger partial charge in [-0.1, -0.05) is 32.6 Å². The Hall–Kier alpha value is -1.59. The zero-order valence-electron chi connectivity index (χ0n) is 18.8. The normalized spacial score (nSPS) is 19.5. The average molecular weight is 405 g/mol. The summed E-state index contributed by atoms with van der Waals surface area (Å²) in [6, 6.07) is 8.32. The average Bonchev–Trinajstić information content (AvgIpc) is 2.73. The lowest BCUT2D eigenvalue weighted by molar-refractivity contribution is -0.136. The number of hydrogen-bond acceptors (Lipinski definition) is 4. The van der Waals surface area contributed by atoms with Crippen LogP contribution >= 0.6 is 0 Å². The van der Waals surface area contributed by atoms with E-state index in [0.717, 1.165) is 50.1 Å². The number of anilines is 1. The molecule has 1 heterocycles. The predicted octanol–water partition coefficient (Wildman–Crippen LogP) is 5.25. The second-order valence-electron chi connectivity index (χ2n) is 8.45. The molecule has 1 aliphatic heterocycles. The third-order valence-electron chi connectivity index (χ3n) is 6.10. The topological polar surface area (TPSA) is 50.8 Å². The molecule has 0 aliphatic carbocycles. The van der Waals surface area contributed by atoms with Gasteiger partial charge in [0, 0.05) is 25.4 Å².